The number of carbonyl (C=O) groups is 1. The lowest BCUT2D eigenvalue weighted by Gasteiger charge is -2.38. The van der Waals surface area contributed by atoms with Crippen molar-refractivity contribution in [2.24, 2.45) is 0 Å². The van der Waals surface area contributed by atoms with Gasteiger partial charge >= 0.3 is 6.09 Å². The zero-order valence-electron chi connectivity index (χ0n) is 13.1. The minimum Gasteiger partial charge on any atom is -0.465 e. The van der Waals surface area contributed by atoms with Crippen LogP contribution in [0.2, 0.25) is 5.15 Å². The topological polar surface area (TPSA) is 71.2 Å². The predicted molar refractivity (Wildman–Crippen MR) is 93.8 cm³/mol. The van der Waals surface area contributed by atoms with Gasteiger partial charge in [-0.05, 0) is 42.8 Å². The van der Waals surface area contributed by atoms with Crippen molar-refractivity contribution < 1.29 is 9.90 Å². The summed E-state index contributed by atoms with van der Waals surface area (Å²) in [7, 11) is 0. The molecule has 0 bridgehead atoms. The fourth-order valence-electron chi connectivity index (χ4n) is 2.55. The number of hydrogen-bond acceptors (Lipinski definition) is 3. The molecule has 124 valence electrons. The van der Waals surface area contributed by atoms with Crippen LogP contribution in [0, 0.1) is 0 Å². The Morgan fingerprint density at radius 1 is 1.57 bits per heavy atom. The van der Waals surface area contributed by atoms with E-state index in [-0.39, 0.29) is 0 Å². The smallest absolute Gasteiger partial charge is 0.408 e. The highest BCUT2D eigenvalue weighted by molar-refractivity contribution is 9.10. The Bertz CT molecular complexity index is 754. The highest BCUT2D eigenvalue weighted by Crippen LogP contribution is 2.28. The van der Waals surface area contributed by atoms with Gasteiger partial charge in [0.05, 0.1) is 16.0 Å². The van der Waals surface area contributed by atoms with Crippen molar-refractivity contribution in [2.75, 3.05) is 0 Å². The maximum absolute atomic E-state index is 11.7. The first-order chi connectivity index (χ1) is 10.7. The summed E-state index contributed by atoms with van der Waals surface area (Å²) in [6.07, 6.45) is 2.01. The van der Waals surface area contributed by atoms with E-state index in [1.807, 2.05) is 31.4 Å². The first-order valence-electron chi connectivity index (χ1n) is 6.97. The van der Waals surface area contributed by atoms with E-state index in [0.29, 0.717) is 22.7 Å². The van der Waals surface area contributed by atoms with Crippen molar-refractivity contribution in [1.29, 1.82) is 0 Å². The maximum Gasteiger partial charge on any atom is 0.408 e. The van der Waals surface area contributed by atoms with Crippen molar-refractivity contribution in [3.8, 4) is 0 Å². The molecule has 2 rings (SSSR count). The van der Waals surface area contributed by atoms with E-state index in [9.17, 15) is 9.90 Å². The lowest BCUT2D eigenvalue weighted by Crippen LogP contribution is -2.51. The molecule has 6 nitrogen and oxygen atoms in total. The van der Waals surface area contributed by atoms with E-state index < -0.39 is 17.7 Å². The minimum absolute atomic E-state index is 0.357. The van der Waals surface area contributed by atoms with E-state index >= 15 is 0 Å². The molecule has 2 aromatic rings. The largest absolute Gasteiger partial charge is 0.465 e. The highest BCUT2D eigenvalue weighted by atomic mass is 79.9. The number of halogens is 2. The molecular weight excluding hydrogens is 384 g/mol. The molecular formula is C15H18BrClN4O2. The monoisotopic (exact) mass is 400 g/mol. The van der Waals surface area contributed by atoms with Gasteiger partial charge in [-0.25, -0.2) is 14.8 Å². The molecule has 0 saturated heterocycles. The van der Waals surface area contributed by atoms with E-state index in [1.165, 1.54) is 11.2 Å². The van der Waals surface area contributed by atoms with Crippen molar-refractivity contribution in [1.82, 2.24) is 19.4 Å². The van der Waals surface area contributed by atoms with Crippen LogP contribution in [0.1, 0.15) is 20.8 Å². The molecule has 0 radical (unpaired) electrons. The standard InChI is InChI=1S/C15H18BrClN4O2/c1-5-9(21(14(22)23)15(2,3)4)7-20-11(16)6-10-12(17)18-8-19-13(10)20/h5-6,8-9H,1,7H2,2-4H3,(H,22,23)/t9-/m1/s1. The van der Waals surface area contributed by atoms with Crippen molar-refractivity contribution >= 4 is 44.7 Å². The van der Waals surface area contributed by atoms with Crippen LogP contribution in [0.15, 0.2) is 29.7 Å². The average Bonchev–Trinajstić information content (AvgIpc) is 2.74. The molecule has 1 N–H and O–H groups in total. The van der Waals surface area contributed by atoms with Crippen LogP contribution >= 0.6 is 27.5 Å². The summed E-state index contributed by atoms with van der Waals surface area (Å²) >= 11 is 9.56. The highest BCUT2D eigenvalue weighted by Gasteiger charge is 2.32. The summed E-state index contributed by atoms with van der Waals surface area (Å²) in [5.41, 5.74) is 0.0789. The zero-order chi connectivity index (χ0) is 17.4. The van der Waals surface area contributed by atoms with Gasteiger partial charge in [0.2, 0.25) is 0 Å². The fourth-order valence-corrected chi connectivity index (χ4v) is 3.28. The van der Waals surface area contributed by atoms with Crippen LogP contribution in [0.5, 0.6) is 0 Å². The van der Waals surface area contributed by atoms with Crippen LogP contribution < -0.4 is 0 Å². The Morgan fingerprint density at radius 2 is 2.22 bits per heavy atom. The molecule has 1 amide bonds. The van der Waals surface area contributed by atoms with Gasteiger partial charge in [-0.1, -0.05) is 17.7 Å². The predicted octanol–water partition coefficient (Wildman–Crippen LogP) is 4.18. The molecule has 0 fully saturated rings. The number of fused-ring (bicyclic) bond motifs is 1. The molecule has 0 aliphatic heterocycles. The Balaban J connectivity index is 2.47. The summed E-state index contributed by atoms with van der Waals surface area (Å²) in [6.45, 7) is 9.70. The summed E-state index contributed by atoms with van der Waals surface area (Å²) < 4.78 is 2.61. The van der Waals surface area contributed by atoms with E-state index in [2.05, 4.69) is 32.5 Å². The summed E-state index contributed by atoms with van der Waals surface area (Å²) in [5.74, 6) is 0. The summed E-state index contributed by atoms with van der Waals surface area (Å²) in [5, 5.41) is 10.6. The van der Waals surface area contributed by atoms with Gasteiger partial charge in [0.1, 0.15) is 17.1 Å². The average molecular weight is 402 g/mol. The third-order valence-electron chi connectivity index (χ3n) is 3.49. The van der Waals surface area contributed by atoms with E-state index in [1.54, 1.807) is 6.08 Å². The Morgan fingerprint density at radius 3 is 2.74 bits per heavy atom. The molecule has 0 unspecified atom stereocenters. The number of nitrogens with zero attached hydrogens (tertiary/aromatic N) is 4. The summed E-state index contributed by atoms with van der Waals surface area (Å²) in [4.78, 5) is 21.3. The SMILES string of the molecule is C=C[C@H](Cn1c(Br)cc2c(Cl)ncnc21)N(C(=O)O)C(C)(C)C. The summed E-state index contributed by atoms with van der Waals surface area (Å²) in [6, 6.07) is 1.40. The molecule has 2 heterocycles. The van der Waals surface area contributed by atoms with Crippen molar-refractivity contribution in [3.63, 3.8) is 0 Å². The normalized spacial score (nSPS) is 13.1. The van der Waals surface area contributed by atoms with Crippen molar-refractivity contribution in [3.05, 3.63) is 34.8 Å². The number of aromatic nitrogens is 3. The second kappa shape index (κ2) is 6.49. The lowest BCUT2D eigenvalue weighted by molar-refractivity contribution is 0.0786. The molecule has 0 aliphatic carbocycles. The van der Waals surface area contributed by atoms with Gasteiger partial charge in [-0.15, -0.1) is 6.58 Å². The molecule has 0 aliphatic rings. The van der Waals surface area contributed by atoms with Crippen LogP contribution in [0.4, 0.5) is 4.79 Å². The third-order valence-corrected chi connectivity index (χ3v) is 4.45. The Kier molecular flexibility index (Phi) is 5.01. The van der Waals surface area contributed by atoms with Crippen molar-refractivity contribution in [2.45, 2.75) is 38.9 Å². The molecule has 0 saturated carbocycles. The molecule has 1 atom stereocenters. The van der Waals surface area contributed by atoms with Gasteiger partial charge in [0.25, 0.3) is 0 Å². The van der Waals surface area contributed by atoms with Crippen LogP contribution in [0.3, 0.4) is 0 Å². The Labute approximate surface area is 147 Å². The lowest BCUT2D eigenvalue weighted by atomic mass is 10.0. The first-order valence-corrected chi connectivity index (χ1v) is 8.14. The third kappa shape index (κ3) is 3.50. The molecule has 0 spiro atoms. The first kappa shape index (κ1) is 17.7. The van der Waals surface area contributed by atoms with Crippen LogP contribution in [0.25, 0.3) is 11.0 Å². The van der Waals surface area contributed by atoms with Gasteiger partial charge in [0, 0.05) is 12.1 Å². The number of amides is 1. The van der Waals surface area contributed by atoms with E-state index in [0.717, 1.165) is 4.60 Å². The van der Waals surface area contributed by atoms with Gasteiger partial charge in [0.15, 0.2) is 0 Å². The minimum atomic E-state index is -0.998. The second-order valence-electron chi connectivity index (χ2n) is 6.11. The Hall–Kier alpha value is -1.60. The van der Waals surface area contributed by atoms with Gasteiger partial charge in [-0.2, -0.15) is 0 Å². The van der Waals surface area contributed by atoms with Gasteiger partial charge < -0.3 is 9.67 Å². The second-order valence-corrected chi connectivity index (χ2v) is 7.28. The number of hydrogen-bond donors (Lipinski definition) is 1. The van der Waals surface area contributed by atoms with Crippen LogP contribution in [-0.2, 0) is 6.54 Å². The molecule has 2 aromatic heterocycles. The van der Waals surface area contributed by atoms with Crippen LogP contribution in [-0.4, -0.2) is 42.2 Å². The fraction of sp³-hybridized carbons (Fsp3) is 0.400. The zero-order valence-corrected chi connectivity index (χ0v) is 15.5. The molecule has 23 heavy (non-hydrogen) atoms. The number of carboxylic acid groups (broad SMARTS) is 1. The number of rotatable bonds is 4. The maximum atomic E-state index is 11.7. The van der Waals surface area contributed by atoms with E-state index in [4.69, 9.17) is 11.6 Å². The van der Waals surface area contributed by atoms with Gasteiger partial charge in [-0.3, -0.25) is 4.90 Å². The quantitative estimate of drug-likeness (QED) is 0.616. The molecule has 8 heteroatoms. The molecule has 0 aromatic carbocycles.